The molecule has 2 atom stereocenters. The van der Waals surface area contributed by atoms with E-state index < -0.39 is 5.60 Å². The molecular weight excluding hydrogens is 204 g/mol. The Morgan fingerprint density at radius 3 is 2.50 bits per heavy atom. The molecule has 0 spiro atoms. The van der Waals surface area contributed by atoms with E-state index >= 15 is 0 Å². The Labute approximate surface area is 98.1 Å². The molecule has 0 heterocycles. The molecule has 4 nitrogen and oxygen atoms in total. The standard InChI is InChI=1S/C12H24N2O2/c1-12(2,3)16-11(15)14(4)8-9-5-6-10(13)7-9/h9-10H,5-8,13H2,1-4H3. The fourth-order valence-electron chi connectivity index (χ4n) is 2.08. The van der Waals surface area contributed by atoms with Gasteiger partial charge in [-0.3, -0.25) is 0 Å². The van der Waals surface area contributed by atoms with Gasteiger partial charge in [0.15, 0.2) is 0 Å². The van der Waals surface area contributed by atoms with E-state index in [1.54, 1.807) is 11.9 Å². The van der Waals surface area contributed by atoms with Gasteiger partial charge >= 0.3 is 6.09 Å². The van der Waals surface area contributed by atoms with Crippen molar-refractivity contribution in [3.8, 4) is 0 Å². The summed E-state index contributed by atoms with van der Waals surface area (Å²) in [5.74, 6) is 0.535. The third kappa shape index (κ3) is 4.39. The van der Waals surface area contributed by atoms with Gasteiger partial charge < -0.3 is 15.4 Å². The van der Waals surface area contributed by atoms with Gasteiger partial charge in [0.25, 0.3) is 0 Å². The molecule has 0 radical (unpaired) electrons. The summed E-state index contributed by atoms with van der Waals surface area (Å²) < 4.78 is 5.29. The topological polar surface area (TPSA) is 55.6 Å². The summed E-state index contributed by atoms with van der Waals surface area (Å²) >= 11 is 0. The second kappa shape index (κ2) is 5.04. The molecule has 4 heteroatoms. The van der Waals surface area contributed by atoms with E-state index in [0.717, 1.165) is 25.8 Å². The Balaban J connectivity index is 2.34. The Kier molecular flexibility index (Phi) is 4.19. The first kappa shape index (κ1) is 13.3. The van der Waals surface area contributed by atoms with Crippen LogP contribution in [0.4, 0.5) is 4.79 Å². The second-order valence-corrected chi connectivity index (χ2v) is 5.80. The van der Waals surface area contributed by atoms with E-state index in [-0.39, 0.29) is 6.09 Å². The second-order valence-electron chi connectivity index (χ2n) is 5.80. The number of ether oxygens (including phenoxy) is 1. The third-order valence-corrected chi connectivity index (χ3v) is 2.82. The quantitative estimate of drug-likeness (QED) is 0.786. The highest BCUT2D eigenvalue weighted by molar-refractivity contribution is 5.67. The first-order valence-corrected chi connectivity index (χ1v) is 5.97. The minimum atomic E-state index is -0.419. The zero-order valence-corrected chi connectivity index (χ0v) is 10.8. The number of nitrogens with two attached hydrogens (primary N) is 1. The van der Waals surface area contributed by atoms with Gasteiger partial charge in [0.2, 0.25) is 0 Å². The maximum Gasteiger partial charge on any atom is 0.410 e. The number of hydrogen-bond donors (Lipinski definition) is 1. The van der Waals surface area contributed by atoms with E-state index in [1.807, 2.05) is 20.8 Å². The van der Waals surface area contributed by atoms with Crippen molar-refractivity contribution in [2.24, 2.45) is 11.7 Å². The van der Waals surface area contributed by atoms with Crippen LogP contribution in [0, 0.1) is 5.92 Å². The van der Waals surface area contributed by atoms with Gasteiger partial charge in [0.1, 0.15) is 5.60 Å². The van der Waals surface area contributed by atoms with Crippen LogP contribution in [0.2, 0.25) is 0 Å². The van der Waals surface area contributed by atoms with Crippen LogP contribution in [0.1, 0.15) is 40.0 Å². The van der Waals surface area contributed by atoms with Crippen LogP contribution < -0.4 is 5.73 Å². The average Bonchev–Trinajstić information content (AvgIpc) is 2.48. The van der Waals surface area contributed by atoms with Gasteiger partial charge in [-0.2, -0.15) is 0 Å². The van der Waals surface area contributed by atoms with Crippen LogP contribution in [0.25, 0.3) is 0 Å². The molecule has 1 aliphatic rings. The predicted molar refractivity (Wildman–Crippen MR) is 64.2 cm³/mol. The molecule has 1 aliphatic carbocycles. The Hall–Kier alpha value is -0.770. The van der Waals surface area contributed by atoms with Crippen molar-refractivity contribution in [1.29, 1.82) is 0 Å². The normalized spacial score (nSPS) is 25.6. The molecule has 1 fully saturated rings. The van der Waals surface area contributed by atoms with Crippen LogP contribution >= 0.6 is 0 Å². The molecule has 2 unspecified atom stereocenters. The summed E-state index contributed by atoms with van der Waals surface area (Å²) in [5, 5.41) is 0. The monoisotopic (exact) mass is 228 g/mol. The molecule has 1 amide bonds. The van der Waals surface area contributed by atoms with Gasteiger partial charge in [-0.1, -0.05) is 0 Å². The summed E-state index contributed by atoms with van der Waals surface area (Å²) in [4.78, 5) is 13.4. The van der Waals surface area contributed by atoms with Crippen LogP contribution in [-0.4, -0.2) is 36.2 Å². The van der Waals surface area contributed by atoms with E-state index in [1.165, 1.54) is 0 Å². The van der Waals surface area contributed by atoms with Gasteiger partial charge in [0.05, 0.1) is 0 Å². The lowest BCUT2D eigenvalue weighted by Crippen LogP contribution is -2.36. The largest absolute Gasteiger partial charge is 0.444 e. The summed E-state index contributed by atoms with van der Waals surface area (Å²) in [5.41, 5.74) is 5.42. The molecule has 0 aromatic rings. The minimum absolute atomic E-state index is 0.243. The van der Waals surface area contributed by atoms with Crippen LogP contribution in [0.5, 0.6) is 0 Å². The molecule has 16 heavy (non-hydrogen) atoms. The minimum Gasteiger partial charge on any atom is -0.444 e. The highest BCUT2D eigenvalue weighted by atomic mass is 16.6. The Morgan fingerprint density at radius 2 is 2.06 bits per heavy atom. The average molecular weight is 228 g/mol. The van der Waals surface area contributed by atoms with Crippen LogP contribution in [-0.2, 0) is 4.74 Å². The van der Waals surface area contributed by atoms with Gasteiger partial charge in [-0.05, 0) is 46.0 Å². The summed E-state index contributed by atoms with van der Waals surface area (Å²) in [7, 11) is 1.79. The third-order valence-electron chi connectivity index (χ3n) is 2.82. The fraction of sp³-hybridized carbons (Fsp3) is 0.917. The van der Waals surface area contributed by atoms with Crippen molar-refractivity contribution < 1.29 is 9.53 Å². The zero-order chi connectivity index (χ0) is 12.3. The van der Waals surface area contributed by atoms with Gasteiger partial charge in [0, 0.05) is 19.6 Å². The molecule has 1 rings (SSSR count). The maximum absolute atomic E-state index is 11.7. The van der Waals surface area contributed by atoms with Crippen molar-refractivity contribution in [1.82, 2.24) is 4.90 Å². The molecule has 0 aromatic heterocycles. The summed E-state index contributed by atoms with van der Waals surface area (Å²) in [6, 6.07) is 0.317. The predicted octanol–water partition coefficient (Wildman–Crippen LogP) is 1.98. The zero-order valence-electron chi connectivity index (χ0n) is 10.8. The summed E-state index contributed by atoms with van der Waals surface area (Å²) in [6.45, 7) is 6.39. The highest BCUT2D eigenvalue weighted by Crippen LogP contribution is 2.25. The summed E-state index contributed by atoms with van der Waals surface area (Å²) in [6.07, 6.45) is 2.97. The van der Waals surface area contributed by atoms with Gasteiger partial charge in [-0.25, -0.2) is 4.79 Å². The highest BCUT2D eigenvalue weighted by Gasteiger charge is 2.26. The van der Waals surface area contributed by atoms with Crippen molar-refractivity contribution in [2.45, 2.75) is 51.7 Å². The number of carbonyl (C=O) groups excluding carboxylic acids is 1. The van der Waals surface area contributed by atoms with E-state index in [0.29, 0.717) is 12.0 Å². The van der Waals surface area contributed by atoms with E-state index in [4.69, 9.17) is 10.5 Å². The molecule has 1 saturated carbocycles. The van der Waals surface area contributed by atoms with Crippen LogP contribution in [0.15, 0.2) is 0 Å². The number of carbonyl (C=O) groups is 1. The van der Waals surface area contributed by atoms with Crippen molar-refractivity contribution in [3.63, 3.8) is 0 Å². The maximum atomic E-state index is 11.7. The lowest BCUT2D eigenvalue weighted by Gasteiger charge is -2.26. The Bertz CT molecular complexity index is 248. The molecule has 0 saturated heterocycles. The van der Waals surface area contributed by atoms with Crippen LogP contribution in [0.3, 0.4) is 0 Å². The fourth-order valence-corrected chi connectivity index (χ4v) is 2.08. The molecule has 94 valence electrons. The molecular formula is C12H24N2O2. The first-order chi connectivity index (χ1) is 7.28. The van der Waals surface area contributed by atoms with E-state index in [2.05, 4.69) is 0 Å². The lowest BCUT2D eigenvalue weighted by molar-refractivity contribution is 0.0274. The Morgan fingerprint density at radius 1 is 1.44 bits per heavy atom. The molecule has 0 aromatic carbocycles. The SMILES string of the molecule is CN(CC1CCC(N)C1)C(=O)OC(C)(C)C. The number of rotatable bonds is 2. The molecule has 0 bridgehead atoms. The molecule has 0 aliphatic heterocycles. The number of nitrogens with zero attached hydrogens (tertiary/aromatic N) is 1. The van der Waals surface area contributed by atoms with Gasteiger partial charge in [-0.15, -0.1) is 0 Å². The van der Waals surface area contributed by atoms with Crippen molar-refractivity contribution >= 4 is 6.09 Å². The molecule has 2 N–H and O–H groups in total. The van der Waals surface area contributed by atoms with Crippen molar-refractivity contribution in [2.75, 3.05) is 13.6 Å². The first-order valence-electron chi connectivity index (χ1n) is 5.97. The van der Waals surface area contributed by atoms with E-state index in [9.17, 15) is 4.79 Å². The number of amides is 1. The smallest absolute Gasteiger partial charge is 0.410 e. The van der Waals surface area contributed by atoms with Crippen molar-refractivity contribution in [3.05, 3.63) is 0 Å². The number of hydrogen-bond acceptors (Lipinski definition) is 3. The lowest BCUT2D eigenvalue weighted by atomic mass is 10.1.